The number of nitrogens with one attached hydrogen (secondary N) is 1. The van der Waals surface area contributed by atoms with Gasteiger partial charge < -0.3 is 24.3 Å². The summed E-state index contributed by atoms with van der Waals surface area (Å²) in [7, 11) is 2.73. The van der Waals surface area contributed by atoms with Crippen LogP contribution >= 0.6 is 0 Å². The molecule has 0 heterocycles. The van der Waals surface area contributed by atoms with Gasteiger partial charge in [0.2, 0.25) is 0 Å². The largest absolute Gasteiger partial charge is 0.493 e. The molecule has 0 aromatic heterocycles. The van der Waals surface area contributed by atoms with Crippen molar-refractivity contribution < 1.29 is 33.3 Å². The quantitative estimate of drug-likeness (QED) is 0.521. The van der Waals surface area contributed by atoms with Gasteiger partial charge in [-0.25, -0.2) is 4.79 Å². The molecule has 0 saturated heterocycles. The van der Waals surface area contributed by atoms with Crippen LogP contribution in [0.15, 0.2) is 36.4 Å². The van der Waals surface area contributed by atoms with Crippen molar-refractivity contribution in [1.29, 1.82) is 0 Å². The van der Waals surface area contributed by atoms with Crippen LogP contribution in [0.2, 0.25) is 0 Å². The van der Waals surface area contributed by atoms with E-state index in [2.05, 4.69) is 5.32 Å². The Morgan fingerprint density at radius 1 is 1.04 bits per heavy atom. The van der Waals surface area contributed by atoms with Crippen LogP contribution < -0.4 is 19.5 Å². The summed E-state index contributed by atoms with van der Waals surface area (Å²) in [5.41, 5.74) is 0.405. The molecule has 2 rings (SSSR count). The number of esters is 1. The predicted octanol–water partition coefficient (Wildman–Crippen LogP) is 2.71. The van der Waals surface area contributed by atoms with E-state index in [0.717, 1.165) is 0 Å². The lowest BCUT2D eigenvalue weighted by atomic mass is 10.1. The van der Waals surface area contributed by atoms with Gasteiger partial charge in [-0.05, 0) is 31.2 Å². The average Bonchev–Trinajstić information content (AvgIpc) is 2.72. The Morgan fingerprint density at radius 3 is 2.43 bits per heavy atom. The van der Waals surface area contributed by atoms with Crippen molar-refractivity contribution in [2.75, 3.05) is 32.8 Å². The van der Waals surface area contributed by atoms with Crippen LogP contribution in [0.3, 0.4) is 0 Å². The van der Waals surface area contributed by atoms with Gasteiger partial charge >= 0.3 is 5.97 Å². The van der Waals surface area contributed by atoms with Crippen molar-refractivity contribution >= 4 is 23.9 Å². The number of methoxy groups -OCH3 is 2. The minimum atomic E-state index is -0.883. The molecule has 1 N–H and O–H groups in total. The first-order valence-electron chi connectivity index (χ1n) is 8.44. The molecule has 8 heteroatoms. The van der Waals surface area contributed by atoms with E-state index in [1.165, 1.54) is 26.4 Å². The molecule has 2 aromatic carbocycles. The zero-order valence-electron chi connectivity index (χ0n) is 15.8. The van der Waals surface area contributed by atoms with Gasteiger partial charge in [0.15, 0.2) is 24.4 Å². The molecule has 0 bridgehead atoms. The second kappa shape index (κ2) is 9.96. The molecule has 0 radical (unpaired) electrons. The van der Waals surface area contributed by atoms with Crippen molar-refractivity contribution in [2.24, 2.45) is 0 Å². The summed E-state index contributed by atoms with van der Waals surface area (Å²) in [5, 5.41) is 2.62. The molecule has 0 atom stereocenters. The summed E-state index contributed by atoms with van der Waals surface area (Å²) in [5.74, 6) is -0.627. The molecule has 2 aromatic rings. The molecule has 1 amide bonds. The van der Waals surface area contributed by atoms with E-state index in [9.17, 15) is 14.4 Å². The highest BCUT2D eigenvalue weighted by atomic mass is 16.5. The number of hydrogen-bond donors (Lipinski definition) is 1. The summed E-state index contributed by atoms with van der Waals surface area (Å²) in [6, 6.07) is 9.79. The van der Waals surface area contributed by atoms with Gasteiger partial charge in [-0.2, -0.15) is 0 Å². The van der Waals surface area contributed by atoms with Gasteiger partial charge in [-0.1, -0.05) is 12.1 Å². The number of carbonyl (C=O) groups is 3. The summed E-state index contributed by atoms with van der Waals surface area (Å²) in [4.78, 5) is 35.9. The predicted molar refractivity (Wildman–Crippen MR) is 101 cm³/mol. The lowest BCUT2D eigenvalue weighted by Crippen LogP contribution is -2.22. The van der Waals surface area contributed by atoms with Crippen LogP contribution in [0, 0.1) is 0 Å². The van der Waals surface area contributed by atoms with Gasteiger partial charge in [0.1, 0.15) is 11.3 Å². The molecule has 0 saturated carbocycles. The maximum Gasteiger partial charge on any atom is 0.343 e. The molecule has 28 heavy (non-hydrogen) atoms. The van der Waals surface area contributed by atoms with Crippen molar-refractivity contribution in [3.8, 4) is 17.2 Å². The van der Waals surface area contributed by atoms with Gasteiger partial charge in [-0.3, -0.25) is 9.59 Å². The van der Waals surface area contributed by atoms with E-state index in [1.807, 2.05) is 6.92 Å². The highest BCUT2D eigenvalue weighted by Gasteiger charge is 2.23. The molecule has 0 aliphatic rings. The van der Waals surface area contributed by atoms with Crippen LogP contribution in [0.5, 0.6) is 17.2 Å². The van der Waals surface area contributed by atoms with Gasteiger partial charge in [-0.15, -0.1) is 0 Å². The number of para-hydroxylation sites is 2. The fourth-order valence-electron chi connectivity index (χ4n) is 2.49. The summed E-state index contributed by atoms with van der Waals surface area (Å²) in [6.07, 6.45) is 0.497. The lowest BCUT2D eigenvalue weighted by molar-refractivity contribution is -0.119. The minimum Gasteiger partial charge on any atom is -0.493 e. The standard InChI is InChI=1S/C20H21NO7/c1-4-27-15-8-6-5-7-14(15)21-17(23)12-28-20(24)18-13(11-22)9-10-16(25-2)19(18)26-3/h5-11H,4,12H2,1-3H3,(H,21,23). The number of rotatable bonds is 9. The third-order valence-corrected chi connectivity index (χ3v) is 3.70. The van der Waals surface area contributed by atoms with E-state index in [-0.39, 0.29) is 22.6 Å². The van der Waals surface area contributed by atoms with Crippen molar-refractivity contribution in [3.63, 3.8) is 0 Å². The first-order valence-corrected chi connectivity index (χ1v) is 8.44. The Kier molecular flexibility index (Phi) is 7.38. The van der Waals surface area contributed by atoms with Crippen LogP contribution in [0.1, 0.15) is 27.6 Å². The van der Waals surface area contributed by atoms with Gasteiger partial charge in [0, 0.05) is 5.56 Å². The maximum atomic E-state index is 12.5. The number of anilines is 1. The Hall–Kier alpha value is -3.55. The number of benzene rings is 2. The van der Waals surface area contributed by atoms with Crippen LogP contribution in [-0.4, -0.2) is 45.6 Å². The molecule has 0 aliphatic carbocycles. The fraction of sp³-hybridized carbons (Fsp3) is 0.250. The molecule has 8 nitrogen and oxygen atoms in total. The highest BCUT2D eigenvalue weighted by Crippen LogP contribution is 2.33. The molecule has 0 spiro atoms. The molecule has 0 aliphatic heterocycles. The summed E-state index contributed by atoms with van der Waals surface area (Å²) >= 11 is 0. The zero-order valence-corrected chi connectivity index (χ0v) is 15.8. The average molecular weight is 387 g/mol. The number of ether oxygens (including phenoxy) is 4. The maximum absolute atomic E-state index is 12.5. The third kappa shape index (κ3) is 4.79. The van der Waals surface area contributed by atoms with E-state index < -0.39 is 18.5 Å². The van der Waals surface area contributed by atoms with Crippen molar-refractivity contribution in [2.45, 2.75) is 6.92 Å². The first-order chi connectivity index (χ1) is 13.5. The molecule has 0 fully saturated rings. The van der Waals surface area contributed by atoms with Gasteiger partial charge in [0.25, 0.3) is 5.91 Å². The van der Waals surface area contributed by atoms with Crippen LogP contribution in [-0.2, 0) is 9.53 Å². The molecule has 148 valence electrons. The molecular formula is C20H21NO7. The van der Waals surface area contributed by atoms with Gasteiger partial charge in [0.05, 0.1) is 26.5 Å². The third-order valence-electron chi connectivity index (χ3n) is 3.70. The van der Waals surface area contributed by atoms with E-state index in [1.54, 1.807) is 24.3 Å². The monoisotopic (exact) mass is 387 g/mol. The number of amides is 1. The second-order valence-electron chi connectivity index (χ2n) is 5.44. The Labute approximate surface area is 162 Å². The van der Waals surface area contributed by atoms with E-state index in [4.69, 9.17) is 18.9 Å². The first kappa shape index (κ1) is 20.8. The lowest BCUT2D eigenvalue weighted by Gasteiger charge is -2.14. The molecular weight excluding hydrogens is 366 g/mol. The molecule has 0 unspecified atom stereocenters. The topological polar surface area (TPSA) is 100 Å². The smallest absolute Gasteiger partial charge is 0.343 e. The summed E-state index contributed by atoms with van der Waals surface area (Å²) in [6.45, 7) is 1.70. The Bertz CT molecular complexity index is 864. The Morgan fingerprint density at radius 2 is 1.79 bits per heavy atom. The number of hydrogen-bond acceptors (Lipinski definition) is 7. The van der Waals surface area contributed by atoms with E-state index >= 15 is 0 Å². The normalized spacial score (nSPS) is 9.96. The zero-order chi connectivity index (χ0) is 20.5. The minimum absolute atomic E-state index is 0.0548. The second-order valence-corrected chi connectivity index (χ2v) is 5.44. The number of carbonyl (C=O) groups excluding carboxylic acids is 3. The van der Waals surface area contributed by atoms with E-state index in [0.29, 0.717) is 24.3 Å². The van der Waals surface area contributed by atoms with Crippen LogP contribution in [0.4, 0.5) is 5.69 Å². The number of aldehydes is 1. The van der Waals surface area contributed by atoms with Crippen molar-refractivity contribution in [1.82, 2.24) is 0 Å². The fourth-order valence-corrected chi connectivity index (χ4v) is 2.49. The SMILES string of the molecule is CCOc1ccccc1NC(=O)COC(=O)c1c(C=O)ccc(OC)c1OC. The Balaban J connectivity index is 2.12. The van der Waals surface area contributed by atoms with Crippen molar-refractivity contribution in [3.05, 3.63) is 47.5 Å². The van der Waals surface area contributed by atoms with Crippen LogP contribution in [0.25, 0.3) is 0 Å². The summed E-state index contributed by atoms with van der Waals surface area (Å²) < 4.78 is 20.8. The highest BCUT2D eigenvalue weighted by molar-refractivity contribution is 6.03.